The molecule has 0 bridgehead atoms. The SMILES string of the molecule is COc1ccc(CCC(=O)N2C[C@@H](F)C[C@H]2CO)cc1. The Kier molecular flexibility index (Phi) is 4.95. The molecule has 0 saturated carbocycles. The molecule has 1 saturated heterocycles. The molecule has 1 N–H and O–H groups in total. The number of aliphatic hydroxyl groups is 1. The summed E-state index contributed by atoms with van der Waals surface area (Å²) < 4.78 is 18.4. The van der Waals surface area contributed by atoms with Gasteiger partial charge in [0.2, 0.25) is 5.91 Å². The predicted molar refractivity (Wildman–Crippen MR) is 73.4 cm³/mol. The van der Waals surface area contributed by atoms with Crippen LogP contribution in [0.25, 0.3) is 0 Å². The van der Waals surface area contributed by atoms with Crippen molar-refractivity contribution in [1.29, 1.82) is 0 Å². The number of rotatable bonds is 5. The Balaban J connectivity index is 1.88. The summed E-state index contributed by atoms with van der Waals surface area (Å²) in [6.07, 6.45) is 0.159. The number of ether oxygens (including phenoxy) is 1. The number of carbonyl (C=O) groups excluding carboxylic acids is 1. The van der Waals surface area contributed by atoms with E-state index in [2.05, 4.69) is 0 Å². The molecule has 1 aliphatic rings. The van der Waals surface area contributed by atoms with E-state index in [9.17, 15) is 14.3 Å². The highest BCUT2D eigenvalue weighted by Gasteiger charge is 2.34. The normalized spacial score (nSPS) is 22.1. The molecule has 1 fully saturated rings. The molecule has 0 radical (unpaired) electrons. The van der Waals surface area contributed by atoms with Crippen LogP contribution in [0.5, 0.6) is 5.75 Å². The molecule has 0 aliphatic carbocycles. The lowest BCUT2D eigenvalue weighted by molar-refractivity contribution is -0.132. The zero-order valence-corrected chi connectivity index (χ0v) is 11.6. The topological polar surface area (TPSA) is 49.8 Å². The Bertz CT molecular complexity index is 449. The monoisotopic (exact) mass is 281 g/mol. The lowest BCUT2D eigenvalue weighted by Crippen LogP contribution is -2.37. The van der Waals surface area contributed by atoms with Crippen molar-refractivity contribution in [2.24, 2.45) is 0 Å². The van der Waals surface area contributed by atoms with E-state index in [1.807, 2.05) is 24.3 Å². The van der Waals surface area contributed by atoms with Crippen LogP contribution < -0.4 is 4.74 Å². The van der Waals surface area contributed by atoms with Crippen LogP contribution in [0.1, 0.15) is 18.4 Å². The Morgan fingerprint density at radius 2 is 2.15 bits per heavy atom. The molecule has 20 heavy (non-hydrogen) atoms. The first-order valence-corrected chi connectivity index (χ1v) is 6.81. The molecule has 2 rings (SSSR count). The van der Waals surface area contributed by atoms with Gasteiger partial charge in [-0.3, -0.25) is 4.79 Å². The molecule has 2 atom stereocenters. The second kappa shape index (κ2) is 6.70. The van der Waals surface area contributed by atoms with Gasteiger partial charge in [-0.2, -0.15) is 0 Å². The lowest BCUT2D eigenvalue weighted by atomic mass is 10.1. The van der Waals surface area contributed by atoms with Crippen LogP contribution in [0.3, 0.4) is 0 Å². The van der Waals surface area contributed by atoms with Crippen molar-refractivity contribution in [1.82, 2.24) is 4.90 Å². The van der Waals surface area contributed by atoms with Crippen LogP contribution in [0.15, 0.2) is 24.3 Å². The number of likely N-dealkylation sites (tertiary alicyclic amines) is 1. The smallest absolute Gasteiger partial charge is 0.223 e. The van der Waals surface area contributed by atoms with Gasteiger partial charge in [0.15, 0.2) is 0 Å². The van der Waals surface area contributed by atoms with Gasteiger partial charge in [0.25, 0.3) is 0 Å². The van der Waals surface area contributed by atoms with E-state index in [1.165, 1.54) is 4.90 Å². The van der Waals surface area contributed by atoms with E-state index < -0.39 is 6.17 Å². The minimum Gasteiger partial charge on any atom is -0.497 e. The number of alkyl halides is 1. The van der Waals surface area contributed by atoms with Gasteiger partial charge in [-0.05, 0) is 24.1 Å². The number of hydrogen-bond acceptors (Lipinski definition) is 3. The number of aliphatic hydroxyl groups excluding tert-OH is 1. The maximum absolute atomic E-state index is 13.3. The molecule has 1 aromatic carbocycles. The Labute approximate surface area is 118 Å². The van der Waals surface area contributed by atoms with E-state index >= 15 is 0 Å². The highest BCUT2D eigenvalue weighted by Crippen LogP contribution is 2.21. The molecule has 110 valence electrons. The first-order chi connectivity index (χ1) is 9.63. The minimum atomic E-state index is -1.02. The van der Waals surface area contributed by atoms with Gasteiger partial charge >= 0.3 is 0 Å². The summed E-state index contributed by atoms with van der Waals surface area (Å²) in [6, 6.07) is 7.16. The maximum atomic E-state index is 13.3. The minimum absolute atomic E-state index is 0.0972. The Morgan fingerprint density at radius 3 is 2.75 bits per heavy atom. The summed E-state index contributed by atoms with van der Waals surface area (Å²) in [5.74, 6) is 0.681. The van der Waals surface area contributed by atoms with Crippen molar-refractivity contribution in [2.45, 2.75) is 31.5 Å². The molecule has 0 aromatic heterocycles. The van der Waals surface area contributed by atoms with E-state index in [0.29, 0.717) is 12.8 Å². The third kappa shape index (κ3) is 3.48. The van der Waals surface area contributed by atoms with Crippen molar-refractivity contribution in [2.75, 3.05) is 20.3 Å². The fraction of sp³-hybridized carbons (Fsp3) is 0.533. The van der Waals surface area contributed by atoms with Crippen LogP contribution in [-0.4, -0.2) is 48.4 Å². The first kappa shape index (κ1) is 14.8. The second-order valence-corrected chi connectivity index (χ2v) is 5.06. The van der Waals surface area contributed by atoms with Crippen LogP contribution in [0, 0.1) is 0 Å². The number of hydrogen-bond donors (Lipinski definition) is 1. The van der Waals surface area contributed by atoms with E-state index in [-0.39, 0.29) is 31.5 Å². The number of methoxy groups -OCH3 is 1. The van der Waals surface area contributed by atoms with Gasteiger partial charge in [0, 0.05) is 12.8 Å². The molecule has 1 aliphatic heterocycles. The van der Waals surface area contributed by atoms with Crippen LogP contribution >= 0.6 is 0 Å². The average molecular weight is 281 g/mol. The first-order valence-electron chi connectivity index (χ1n) is 6.81. The van der Waals surface area contributed by atoms with Gasteiger partial charge in [-0.15, -0.1) is 0 Å². The predicted octanol–water partition coefficient (Wildman–Crippen LogP) is 1.56. The molecule has 0 spiro atoms. The largest absolute Gasteiger partial charge is 0.497 e. The number of carbonyl (C=O) groups is 1. The zero-order chi connectivity index (χ0) is 14.5. The quantitative estimate of drug-likeness (QED) is 0.891. The summed E-state index contributed by atoms with van der Waals surface area (Å²) in [4.78, 5) is 13.5. The molecule has 1 heterocycles. The maximum Gasteiger partial charge on any atom is 0.223 e. The van der Waals surface area contributed by atoms with Gasteiger partial charge in [-0.25, -0.2) is 4.39 Å². The number of aryl methyl sites for hydroxylation is 1. The summed E-state index contributed by atoms with van der Waals surface area (Å²) in [6.45, 7) is -0.0681. The number of benzene rings is 1. The number of halogens is 1. The summed E-state index contributed by atoms with van der Waals surface area (Å²) in [5.41, 5.74) is 1.04. The van der Waals surface area contributed by atoms with Crippen LogP contribution in [0.2, 0.25) is 0 Å². The highest BCUT2D eigenvalue weighted by atomic mass is 19.1. The average Bonchev–Trinajstić information content (AvgIpc) is 2.86. The Hall–Kier alpha value is -1.62. The van der Waals surface area contributed by atoms with Gasteiger partial charge in [0.05, 0.1) is 26.3 Å². The van der Waals surface area contributed by atoms with Gasteiger partial charge in [-0.1, -0.05) is 12.1 Å². The Morgan fingerprint density at radius 1 is 1.45 bits per heavy atom. The third-order valence-electron chi connectivity index (χ3n) is 3.68. The standard InChI is InChI=1S/C15H20FNO3/c1-20-14-5-2-11(3-6-14)4-7-15(19)17-9-12(16)8-13(17)10-18/h2-3,5-6,12-13,18H,4,7-10H2,1H3/t12-,13-/m0/s1. The molecule has 1 aromatic rings. The molecular formula is C15H20FNO3. The number of amides is 1. The zero-order valence-electron chi connectivity index (χ0n) is 11.6. The van der Waals surface area contributed by atoms with E-state index in [0.717, 1.165) is 11.3 Å². The van der Waals surface area contributed by atoms with Crippen molar-refractivity contribution in [3.05, 3.63) is 29.8 Å². The third-order valence-corrected chi connectivity index (χ3v) is 3.68. The molecule has 5 heteroatoms. The fourth-order valence-corrected chi connectivity index (χ4v) is 2.53. The van der Waals surface area contributed by atoms with Crippen molar-refractivity contribution in [3.8, 4) is 5.75 Å². The molecule has 0 unspecified atom stereocenters. The van der Waals surface area contributed by atoms with Crippen LogP contribution in [0.4, 0.5) is 4.39 Å². The second-order valence-electron chi connectivity index (χ2n) is 5.06. The molecule has 4 nitrogen and oxygen atoms in total. The van der Waals surface area contributed by atoms with Crippen LogP contribution in [-0.2, 0) is 11.2 Å². The molecule has 1 amide bonds. The van der Waals surface area contributed by atoms with Crippen molar-refractivity contribution in [3.63, 3.8) is 0 Å². The van der Waals surface area contributed by atoms with E-state index in [4.69, 9.17) is 4.74 Å². The molecular weight excluding hydrogens is 261 g/mol. The summed E-state index contributed by atoms with van der Waals surface area (Å²) in [5, 5.41) is 9.17. The van der Waals surface area contributed by atoms with Gasteiger partial charge < -0.3 is 14.7 Å². The van der Waals surface area contributed by atoms with Crippen molar-refractivity contribution < 1.29 is 19.0 Å². The van der Waals surface area contributed by atoms with Gasteiger partial charge in [0.1, 0.15) is 11.9 Å². The fourth-order valence-electron chi connectivity index (χ4n) is 2.53. The number of nitrogens with zero attached hydrogens (tertiary/aromatic N) is 1. The highest BCUT2D eigenvalue weighted by molar-refractivity contribution is 5.77. The van der Waals surface area contributed by atoms with Crippen molar-refractivity contribution >= 4 is 5.91 Å². The lowest BCUT2D eigenvalue weighted by Gasteiger charge is -2.22. The summed E-state index contributed by atoms with van der Waals surface area (Å²) >= 11 is 0. The summed E-state index contributed by atoms with van der Waals surface area (Å²) in [7, 11) is 1.61. The van der Waals surface area contributed by atoms with E-state index in [1.54, 1.807) is 7.11 Å².